The van der Waals surface area contributed by atoms with E-state index in [0.717, 1.165) is 35.2 Å². The fourth-order valence-corrected chi connectivity index (χ4v) is 3.05. The number of hydrogen-bond acceptors (Lipinski definition) is 2. The van der Waals surface area contributed by atoms with Gasteiger partial charge < -0.3 is 9.88 Å². The molecule has 3 aromatic rings. The van der Waals surface area contributed by atoms with Crippen LogP contribution in [0.1, 0.15) is 40.9 Å². The summed E-state index contributed by atoms with van der Waals surface area (Å²) in [5.74, 6) is -4.17. The molecule has 1 heterocycles. The number of hydrogen-bond donors (Lipinski definition) is 1. The van der Waals surface area contributed by atoms with E-state index in [1.165, 1.54) is 13.2 Å². The van der Waals surface area contributed by atoms with Crippen molar-refractivity contribution in [2.75, 3.05) is 7.05 Å². The van der Waals surface area contributed by atoms with Gasteiger partial charge in [0.1, 0.15) is 5.82 Å². The van der Waals surface area contributed by atoms with Gasteiger partial charge in [-0.1, -0.05) is 0 Å². The van der Waals surface area contributed by atoms with Crippen LogP contribution in [-0.2, 0) is 0 Å². The first kappa shape index (κ1) is 20.5. The maximum Gasteiger partial charge on any atom is 0.266 e. The molecule has 0 unspecified atom stereocenters. The summed E-state index contributed by atoms with van der Waals surface area (Å²) < 4.78 is 66.6. The first-order valence-electron chi connectivity index (χ1n) is 8.47. The first-order chi connectivity index (χ1) is 13.6. The summed E-state index contributed by atoms with van der Waals surface area (Å²) in [7, 11) is 1.37. The lowest BCUT2D eigenvalue weighted by atomic mass is 10.0. The number of fused-ring (bicyclic) bond motifs is 1. The van der Waals surface area contributed by atoms with Crippen LogP contribution < -0.4 is 5.56 Å². The summed E-state index contributed by atoms with van der Waals surface area (Å²) in [6.45, 7) is 1.56. The van der Waals surface area contributed by atoms with E-state index in [4.69, 9.17) is 0 Å². The number of rotatable bonds is 4. The van der Waals surface area contributed by atoms with Crippen LogP contribution in [0.5, 0.6) is 0 Å². The van der Waals surface area contributed by atoms with Crippen molar-refractivity contribution in [3.63, 3.8) is 0 Å². The minimum Gasteiger partial charge on any atom is -0.335 e. The molecule has 0 aliphatic heterocycles. The van der Waals surface area contributed by atoms with Crippen LogP contribution in [0.4, 0.5) is 22.0 Å². The zero-order valence-electron chi connectivity index (χ0n) is 15.3. The number of nitrogens with one attached hydrogen (secondary N) is 1. The van der Waals surface area contributed by atoms with Crippen molar-refractivity contribution >= 4 is 16.7 Å². The lowest BCUT2D eigenvalue weighted by Gasteiger charge is -2.26. The number of pyridine rings is 1. The Kier molecular flexibility index (Phi) is 5.41. The highest BCUT2D eigenvalue weighted by Gasteiger charge is 2.24. The molecule has 0 bridgehead atoms. The molecule has 0 radical (unpaired) electrons. The predicted molar refractivity (Wildman–Crippen MR) is 96.4 cm³/mol. The molecule has 3 rings (SSSR count). The average Bonchev–Trinajstić information content (AvgIpc) is 2.68. The Bertz CT molecular complexity index is 1160. The molecule has 1 amide bonds. The zero-order valence-corrected chi connectivity index (χ0v) is 15.3. The molecule has 1 N–H and O–H groups in total. The van der Waals surface area contributed by atoms with E-state index >= 15 is 0 Å². The Morgan fingerprint density at radius 2 is 1.59 bits per heavy atom. The molecule has 9 heteroatoms. The van der Waals surface area contributed by atoms with Crippen molar-refractivity contribution in [1.29, 1.82) is 0 Å². The van der Waals surface area contributed by atoms with Gasteiger partial charge in [-0.3, -0.25) is 9.59 Å². The molecule has 0 fully saturated rings. The van der Waals surface area contributed by atoms with E-state index < -0.39 is 46.9 Å². The molecule has 152 valence electrons. The molecule has 1 aromatic heterocycles. The lowest BCUT2D eigenvalue weighted by molar-refractivity contribution is 0.0742. The highest BCUT2D eigenvalue weighted by atomic mass is 19.3. The second-order valence-electron chi connectivity index (χ2n) is 6.51. The molecular weight excluding hydrogens is 395 g/mol. The smallest absolute Gasteiger partial charge is 0.266 e. The van der Waals surface area contributed by atoms with Gasteiger partial charge in [0.15, 0.2) is 11.6 Å². The van der Waals surface area contributed by atoms with Crippen LogP contribution in [0.25, 0.3) is 10.8 Å². The minimum absolute atomic E-state index is 0.101. The number of alkyl halides is 2. The Morgan fingerprint density at radius 1 is 0.966 bits per heavy atom. The van der Waals surface area contributed by atoms with E-state index in [0.29, 0.717) is 5.56 Å². The molecule has 4 nitrogen and oxygen atoms in total. The van der Waals surface area contributed by atoms with Gasteiger partial charge in [-0.2, -0.15) is 0 Å². The molecule has 2 aromatic carbocycles. The van der Waals surface area contributed by atoms with E-state index in [2.05, 4.69) is 4.98 Å². The number of aromatic amines is 1. The maximum atomic E-state index is 13.7. The lowest BCUT2D eigenvalue weighted by Crippen LogP contribution is -2.30. The summed E-state index contributed by atoms with van der Waals surface area (Å²) in [4.78, 5) is 28.2. The van der Waals surface area contributed by atoms with Gasteiger partial charge in [-0.15, -0.1) is 0 Å². The Morgan fingerprint density at radius 3 is 2.21 bits per heavy atom. The van der Waals surface area contributed by atoms with E-state index in [1.54, 1.807) is 6.92 Å². The number of nitrogens with zero attached hydrogens (tertiary/aromatic N) is 1. The van der Waals surface area contributed by atoms with Gasteiger partial charge in [-0.25, -0.2) is 22.0 Å². The molecule has 0 aliphatic rings. The van der Waals surface area contributed by atoms with Gasteiger partial charge in [0, 0.05) is 18.8 Å². The highest BCUT2D eigenvalue weighted by Crippen LogP contribution is 2.29. The predicted octanol–water partition coefficient (Wildman–Crippen LogP) is 4.72. The summed E-state index contributed by atoms with van der Waals surface area (Å²) in [5.41, 5.74) is -1.39. The van der Waals surface area contributed by atoms with Crippen molar-refractivity contribution in [3.8, 4) is 0 Å². The largest absolute Gasteiger partial charge is 0.335 e. The molecule has 0 saturated carbocycles. The molecule has 1 atom stereocenters. The van der Waals surface area contributed by atoms with Gasteiger partial charge >= 0.3 is 0 Å². The van der Waals surface area contributed by atoms with Crippen LogP contribution in [-0.4, -0.2) is 22.8 Å². The van der Waals surface area contributed by atoms with E-state index in [-0.39, 0.29) is 16.3 Å². The second kappa shape index (κ2) is 7.65. The molecule has 0 spiro atoms. The van der Waals surface area contributed by atoms with Crippen LogP contribution >= 0.6 is 0 Å². The third kappa shape index (κ3) is 3.72. The number of carbonyl (C=O) groups is 1. The van der Waals surface area contributed by atoms with Crippen LogP contribution in [0.2, 0.25) is 0 Å². The highest BCUT2D eigenvalue weighted by molar-refractivity contribution is 5.95. The number of halogens is 5. The number of aromatic nitrogens is 1. The maximum absolute atomic E-state index is 13.7. The fourth-order valence-electron chi connectivity index (χ4n) is 3.05. The second-order valence-corrected chi connectivity index (χ2v) is 6.51. The summed E-state index contributed by atoms with van der Waals surface area (Å²) in [6.07, 6.45) is -1.82. The number of amides is 1. The molecule has 29 heavy (non-hydrogen) atoms. The summed E-state index contributed by atoms with van der Waals surface area (Å²) >= 11 is 0. The normalized spacial score (nSPS) is 12.4. The van der Waals surface area contributed by atoms with Crippen LogP contribution in [0, 0.1) is 17.5 Å². The van der Waals surface area contributed by atoms with Crippen molar-refractivity contribution in [2.45, 2.75) is 19.4 Å². The van der Waals surface area contributed by atoms with E-state index in [1.807, 2.05) is 0 Å². The molecular formula is C20H15F5N2O2. The SMILES string of the molecule is C[C@@H](c1c[nH]c(=O)c2cc(F)c(F)cc12)N(C)C(=O)c1ccc(F)c(C(F)F)c1. The Balaban J connectivity index is 2.03. The van der Waals surface area contributed by atoms with Crippen molar-refractivity contribution in [2.24, 2.45) is 0 Å². The quantitative estimate of drug-likeness (QED) is 0.633. The van der Waals surface area contributed by atoms with Gasteiger partial charge in [0.25, 0.3) is 17.9 Å². The summed E-state index contributed by atoms with van der Waals surface area (Å²) in [5, 5.41) is 0.00282. The third-order valence-electron chi connectivity index (χ3n) is 4.80. The Labute approximate surface area is 161 Å². The summed E-state index contributed by atoms with van der Waals surface area (Å²) in [6, 6.07) is 3.48. The van der Waals surface area contributed by atoms with Gasteiger partial charge in [0.2, 0.25) is 0 Å². The van der Waals surface area contributed by atoms with Gasteiger partial charge in [-0.05, 0) is 48.2 Å². The number of benzene rings is 2. The van der Waals surface area contributed by atoms with Crippen molar-refractivity contribution in [3.05, 3.63) is 81.0 Å². The van der Waals surface area contributed by atoms with Crippen LogP contribution in [0.15, 0.2) is 41.3 Å². The number of carbonyl (C=O) groups excluding carboxylic acids is 1. The van der Waals surface area contributed by atoms with E-state index in [9.17, 15) is 31.5 Å². The molecule has 0 aliphatic carbocycles. The standard InChI is InChI=1S/C20H15F5N2O2/c1-9(14-8-26-19(28)12-7-17(23)16(22)6-11(12)14)27(2)20(29)10-3-4-15(21)13(5-10)18(24)25/h3-9,18H,1-2H3,(H,26,28)/t9-/m0/s1. The van der Waals surface area contributed by atoms with Gasteiger partial charge in [0.05, 0.1) is 17.0 Å². The molecule has 0 saturated heterocycles. The Hall–Kier alpha value is -3.23. The topological polar surface area (TPSA) is 53.2 Å². The third-order valence-corrected chi connectivity index (χ3v) is 4.80. The number of H-pyrrole nitrogens is 1. The first-order valence-corrected chi connectivity index (χ1v) is 8.47. The monoisotopic (exact) mass is 410 g/mol. The van der Waals surface area contributed by atoms with Crippen LogP contribution in [0.3, 0.4) is 0 Å². The average molecular weight is 410 g/mol. The fraction of sp³-hybridized carbons (Fsp3) is 0.200. The van der Waals surface area contributed by atoms with Crippen molar-refractivity contribution in [1.82, 2.24) is 9.88 Å². The van der Waals surface area contributed by atoms with Crippen molar-refractivity contribution < 1.29 is 26.7 Å². The minimum atomic E-state index is -3.09. The zero-order chi connectivity index (χ0) is 21.5.